The molecule has 0 spiro atoms. The van der Waals surface area contributed by atoms with Gasteiger partial charge in [-0.3, -0.25) is 0 Å². The predicted octanol–water partition coefficient (Wildman–Crippen LogP) is 2.53. The SMILES string of the molecule is Cc1cccc(OCCc2nc(CN)cs2)c1. The second-order valence-electron chi connectivity index (χ2n) is 3.85. The van der Waals surface area contributed by atoms with E-state index in [0.29, 0.717) is 13.2 Å². The standard InChI is InChI=1S/C13H16N2OS/c1-10-3-2-4-12(7-10)16-6-5-13-15-11(8-14)9-17-13/h2-4,7,9H,5-6,8,14H2,1H3. The maximum absolute atomic E-state index is 5.67. The van der Waals surface area contributed by atoms with Crippen molar-refractivity contribution in [2.24, 2.45) is 5.73 Å². The lowest BCUT2D eigenvalue weighted by Gasteiger charge is -2.05. The molecule has 0 radical (unpaired) electrons. The molecule has 0 amide bonds. The molecule has 0 fully saturated rings. The summed E-state index contributed by atoms with van der Waals surface area (Å²) in [7, 11) is 0. The summed E-state index contributed by atoms with van der Waals surface area (Å²) in [5, 5.41) is 3.08. The van der Waals surface area contributed by atoms with E-state index in [1.165, 1.54) is 5.56 Å². The van der Waals surface area contributed by atoms with Crippen molar-refractivity contribution in [2.75, 3.05) is 6.61 Å². The highest BCUT2D eigenvalue weighted by Crippen LogP contribution is 2.14. The predicted molar refractivity (Wildman–Crippen MR) is 70.4 cm³/mol. The van der Waals surface area contributed by atoms with E-state index in [2.05, 4.69) is 18.0 Å². The van der Waals surface area contributed by atoms with Crippen LogP contribution in [0.15, 0.2) is 29.6 Å². The molecular weight excluding hydrogens is 232 g/mol. The summed E-state index contributed by atoms with van der Waals surface area (Å²) < 4.78 is 5.67. The van der Waals surface area contributed by atoms with Gasteiger partial charge < -0.3 is 10.5 Å². The monoisotopic (exact) mass is 248 g/mol. The molecule has 4 heteroatoms. The second kappa shape index (κ2) is 5.80. The number of thiazole rings is 1. The van der Waals surface area contributed by atoms with E-state index in [1.54, 1.807) is 11.3 Å². The van der Waals surface area contributed by atoms with Gasteiger partial charge in [-0.2, -0.15) is 0 Å². The molecule has 1 aromatic heterocycles. The number of aryl methyl sites for hydroxylation is 1. The Bertz CT molecular complexity index is 482. The lowest BCUT2D eigenvalue weighted by Crippen LogP contribution is -2.02. The summed E-state index contributed by atoms with van der Waals surface area (Å²) in [5.74, 6) is 0.917. The Morgan fingerprint density at radius 2 is 2.29 bits per heavy atom. The van der Waals surface area contributed by atoms with Crippen LogP contribution in [0.2, 0.25) is 0 Å². The average Bonchev–Trinajstić information content (AvgIpc) is 2.77. The third kappa shape index (κ3) is 3.54. The van der Waals surface area contributed by atoms with Gasteiger partial charge in [0.05, 0.1) is 17.3 Å². The van der Waals surface area contributed by atoms with Gasteiger partial charge in [-0.25, -0.2) is 4.98 Å². The van der Waals surface area contributed by atoms with Gasteiger partial charge in [0, 0.05) is 18.3 Å². The van der Waals surface area contributed by atoms with Crippen LogP contribution < -0.4 is 10.5 Å². The summed E-state index contributed by atoms with van der Waals surface area (Å²) in [4.78, 5) is 4.39. The number of rotatable bonds is 5. The normalized spacial score (nSPS) is 10.5. The zero-order chi connectivity index (χ0) is 12.1. The van der Waals surface area contributed by atoms with Crippen molar-refractivity contribution < 1.29 is 4.74 Å². The van der Waals surface area contributed by atoms with Crippen LogP contribution >= 0.6 is 11.3 Å². The van der Waals surface area contributed by atoms with E-state index in [9.17, 15) is 0 Å². The molecule has 2 rings (SSSR count). The minimum absolute atomic E-state index is 0.509. The second-order valence-corrected chi connectivity index (χ2v) is 4.79. The highest BCUT2D eigenvalue weighted by Gasteiger charge is 2.01. The summed E-state index contributed by atoms with van der Waals surface area (Å²) in [5.41, 5.74) is 7.68. The van der Waals surface area contributed by atoms with Crippen molar-refractivity contribution in [3.8, 4) is 5.75 Å². The summed E-state index contributed by atoms with van der Waals surface area (Å²) in [6, 6.07) is 8.06. The van der Waals surface area contributed by atoms with Crippen LogP contribution in [-0.2, 0) is 13.0 Å². The molecule has 90 valence electrons. The highest BCUT2D eigenvalue weighted by molar-refractivity contribution is 7.09. The number of aromatic nitrogens is 1. The maximum atomic E-state index is 5.67. The van der Waals surface area contributed by atoms with Crippen LogP contribution in [0, 0.1) is 6.92 Å². The van der Waals surface area contributed by atoms with Crippen LogP contribution in [0.3, 0.4) is 0 Å². The molecule has 2 N–H and O–H groups in total. The van der Waals surface area contributed by atoms with Crippen molar-refractivity contribution >= 4 is 11.3 Å². The molecule has 2 aromatic rings. The lowest BCUT2D eigenvalue weighted by molar-refractivity contribution is 0.321. The average molecular weight is 248 g/mol. The molecule has 0 atom stereocenters. The van der Waals surface area contributed by atoms with Crippen molar-refractivity contribution in [1.82, 2.24) is 4.98 Å². The number of benzene rings is 1. The first-order valence-corrected chi connectivity index (χ1v) is 6.48. The van der Waals surface area contributed by atoms with E-state index in [4.69, 9.17) is 10.5 Å². The van der Waals surface area contributed by atoms with Crippen molar-refractivity contribution in [2.45, 2.75) is 19.9 Å². The van der Waals surface area contributed by atoms with Gasteiger partial charge in [0.25, 0.3) is 0 Å². The van der Waals surface area contributed by atoms with E-state index in [0.717, 1.165) is 22.9 Å². The Hall–Kier alpha value is -1.39. The largest absolute Gasteiger partial charge is 0.493 e. The van der Waals surface area contributed by atoms with E-state index < -0.39 is 0 Å². The van der Waals surface area contributed by atoms with E-state index >= 15 is 0 Å². The third-order valence-electron chi connectivity index (χ3n) is 2.38. The van der Waals surface area contributed by atoms with Gasteiger partial charge in [-0.05, 0) is 24.6 Å². The molecule has 0 saturated carbocycles. The van der Waals surface area contributed by atoms with Gasteiger partial charge >= 0.3 is 0 Å². The van der Waals surface area contributed by atoms with E-state index in [1.807, 2.05) is 23.6 Å². The van der Waals surface area contributed by atoms with Gasteiger partial charge in [0.15, 0.2) is 0 Å². The summed E-state index contributed by atoms with van der Waals surface area (Å²) >= 11 is 1.64. The van der Waals surface area contributed by atoms with Gasteiger partial charge in [-0.1, -0.05) is 12.1 Å². The van der Waals surface area contributed by atoms with Gasteiger partial charge in [0.2, 0.25) is 0 Å². The Balaban J connectivity index is 1.83. The van der Waals surface area contributed by atoms with Crippen LogP contribution in [0.5, 0.6) is 5.75 Å². The quantitative estimate of drug-likeness (QED) is 0.884. The number of nitrogens with two attached hydrogens (primary N) is 1. The summed E-state index contributed by atoms with van der Waals surface area (Å²) in [6.45, 7) is 3.22. The molecule has 1 aromatic carbocycles. The minimum Gasteiger partial charge on any atom is -0.493 e. The lowest BCUT2D eigenvalue weighted by atomic mass is 10.2. The molecule has 17 heavy (non-hydrogen) atoms. The van der Waals surface area contributed by atoms with Crippen LogP contribution in [-0.4, -0.2) is 11.6 Å². The number of hydrogen-bond acceptors (Lipinski definition) is 4. The number of nitrogens with zero attached hydrogens (tertiary/aromatic N) is 1. The minimum atomic E-state index is 0.509. The Kier molecular flexibility index (Phi) is 4.12. The molecule has 0 aliphatic rings. The fraction of sp³-hybridized carbons (Fsp3) is 0.308. The topological polar surface area (TPSA) is 48.1 Å². The third-order valence-corrected chi connectivity index (χ3v) is 3.34. The van der Waals surface area contributed by atoms with Gasteiger partial charge in [0.1, 0.15) is 5.75 Å². The van der Waals surface area contributed by atoms with E-state index in [-0.39, 0.29) is 0 Å². The first-order chi connectivity index (χ1) is 8.28. The van der Waals surface area contributed by atoms with Crippen LogP contribution in [0.1, 0.15) is 16.3 Å². The Labute approximate surface area is 105 Å². The number of hydrogen-bond donors (Lipinski definition) is 1. The Morgan fingerprint density at radius 3 is 3.00 bits per heavy atom. The molecule has 0 aliphatic heterocycles. The van der Waals surface area contributed by atoms with Crippen molar-refractivity contribution in [3.05, 3.63) is 45.9 Å². The molecule has 0 unspecified atom stereocenters. The smallest absolute Gasteiger partial charge is 0.119 e. The fourth-order valence-electron chi connectivity index (χ4n) is 1.52. The molecule has 0 bridgehead atoms. The molecule has 0 aliphatic carbocycles. The molecular formula is C13H16N2OS. The zero-order valence-electron chi connectivity index (χ0n) is 9.85. The fourth-order valence-corrected chi connectivity index (χ4v) is 2.31. The van der Waals surface area contributed by atoms with Crippen molar-refractivity contribution in [3.63, 3.8) is 0 Å². The summed E-state index contributed by atoms with van der Waals surface area (Å²) in [6.07, 6.45) is 0.832. The molecule has 0 saturated heterocycles. The van der Waals surface area contributed by atoms with Crippen LogP contribution in [0.25, 0.3) is 0 Å². The number of ether oxygens (including phenoxy) is 1. The van der Waals surface area contributed by atoms with Crippen LogP contribution in [0.4, 0.5) is 0 Å². The van der Waals surface area contributed by atoms with Gasteiger partial charge in [-0.15, -0.1) is 11.3 Å². The maximum Gasteiger partial charge on any atom is 0.119 e. The first-order valence-electron chi connectivity index (χ1n) is 5.61. The molecule has 3 nitrogen and oxygen atoms in total. The Morgan fingerprint density at radius 1 is 1.41 bits per heavy atom. The van der Waals surface area contributed by atoms with Crippen molar-refractivity contribution in [1.29, 1.82) is 0 Å². The molecule has 1 heterocycles. The zero-order valence-corrected chi connectivity index (χ0v) is 10.7. The highest BCUT2D eigenvalue weighted by atomic mass is 32.1. The first kappa shape index (κ1) is 12.1.